The normalized spacial score (nSPS) is 12.2. The van der Waals surface area contributed by atoms with E-state index in [0.717, 1.165) is 12.3 Å². The van der Waals surface area contributed by atoms with Crippen LogP contribution in [-0.2, 0) is 25.0 Å². The number of nitrogens with one attached hydrogen (secondary N) is 2. The highest BCUT2D eigenvalue weighted by Gasteiger charge is 2.19. The van der Waals surface area contributed by atoms with E-state index in [1.54, 1.807) is 19.4 Å². The van der Waals surface area contributed by atoms with Crippen molar-refractivity contribution in [2.45, 2.75) is 45.8 Å². The van der Waals surface area contributed by atoms with Gasteiger partial charge in [0.1, 0.15) is 5.76 Å². The summed E-state index contributed by atoms with van der Waals surface area (Å²) >= 11 is 0. The average Bonchev–Trinajstić information content (AvgIpc) is 3.34. The first kappa shape index (κ1) is 19.7. The fraction of sp³-hybridized carbons (Fsp3) is 0.381. The summed E-state index contributed by atoms with van der Waals surface area (Å²) in [6.07, 6.45) is 5.54. The van der Waals surface area contributed by atoms with E-state index in [1.165, 1.54) is 11.1 Å². The SMILES string of the molecule is CN=C(NCc1cccc(Cn2cccn2)c1)NCc1ncc(C(C)(C)C)o1. The van der Waals surface area contributed by atoms with Gasteiger partial charge in [0.15, 0.2) is 5.96 Å². The Morgan fingerprint density at radius 3 is 2.61 bits per heavy atom. The summed E-state index contributed by atoms with van der Waals surface area (Å²) in [5, 5.41) is 10.8. The van der Waals surface area contributed by atoms with Crippen molar-refractivity contribution in [2.24, 2.45) is 4.99 Å². The Morgan fingerprint density at radius 1 is 1.14 bits per heavy atom. The van der Waals surface area contributed by atoms with E-state index in [0.29, 0.717) is 24.9 Å². The third kappa shape index (κ3) is 5.45. The molecule has 0 spiro atoms. The van der Waals surface area contributed by atoms with Crippen LogP contribution >= 0.6 is 0 Å². The molecule has 0 aliphatic carbocycles. The molecule has 0 saturated heterocycles. The number of rotatable bonds is 6. The fourth-order valence-corrected chi connectivity index (χ4v) is 2.72. The Hall–Kier alpha value is -3.09. The van der Waals surface area contributed by atoms with Crippen LogP contribution < -0.4 is 10.6 Å². The van der Waals surface area contributed by atoms with Crippen LogP contribution in [0.2, 0.25) is 0 Å². The molecule has 0 atom stereocenters. The lowest BCUT2D eigenvalue weighted by Gasteiger charge is -2.13. The van der Waals surface area contributed by atoms with E-state index in [-0.39, 0.29) is 5.41 Å². The van der Waals surface area contributed by atoms with Gasteiger partial charge in [-0.3, -0.25) is 9.67 Å². The summed E-state index contributed by atoms with van der Waals surface area (Å²) in [6.45, 7) is 8.22. The van der Waals surface area contributed by atoms with Gasteiger partial charge in [0.2, 0.25) is 5.89 Å². The Kier molecular flexibility index (Phi) is 6.13. The lowest BCUT2D eigenvalue weighted by Crippen LogP contribution is -2.36. The van der Waals surface area contributed by atoms with Gasteiger partial charge >= 0.3 is 0 Å². The topological polar surface area (TPSA) is 80.3 Å². The first-order valence-corrected chi connectivity index (χ1v) is 9.39. The molecule has 28 heavy (non-hydrogen) atoms. The Balaban J connectivity index is 1.52. The number of hydrogen-bond acceptors (Lipinski definition) is 4. The van der Waals surface area contributed by atoms with Gasteiger partial charge in [0, 0.05) is 31.4 Å². The van der Waals surface area contributed by atoms with Crippen LogP contribution in [0.25, 0.3) is 0 Å². The zero-order valence-electron chi connectivity index (χ0n) is 16.9. The van der Waals surface area contributed by atoms with Crippen LogP contribution in [-0.4, -0.2) is 27.8 Å². The van der Waals surface area contributed by atoms with E-state index in [1.807, 2.05) is 16.9 Å². The van der Waals surface area contributed by atoms with Gasteiger partial charge in [-0.1, -0.05) is 45.0 Å². The predicted octanol–water partition coefficient (Wildman–Crippen LogP) is 3.08. The van der Waals surface area contributed by atoms with Gasteiger partial charge in [-0.05, 0) is 17.2 Å². The van der Waals surface area contributed by atoms with E-state index in [4.69, 9.17) is 4.42 Å². The molecule has 0 radical (unpaired) electrons. The molecule has 0 saturated carbocycles. The number of guanidine groups is 1. The minimum atomic E-state index is -0.0492. The smallest absolute Gasteiger partial charge is 0.213 e. The lowest BCUT2D eigenvalue weighted by molar-refractivity contribution is 0.379. The predicted molar refractivity (Wildman–Crippen MR) is 110 cm³/mol. The van der Waals surface area contributed by atoms with Gasteiger partial charge in [-0.15, -0.1) is 0 Å². The van der Waals surface area contributed by atoms with Gasteiger partial charge in [0.05, 0.1) is 19.3 Å². The molecule has 0 aliphatic rings. The van der Waals surface area contributed by atoms with Crippen LogP contribution in [0.3, 0.4) is 0 Å². The van der Waals surface area contributed by atoms with Crippen molar-refractivity contribution in [3.63, 3.8) is 0 Å². The Labute approximate surface area is 165 Å². The Morgan fingerprint density at radius 2 is 1.93 bits per heavy atom. The molecule has 2 aromatic heterocycles. The van der Waals surface area contributed by atoms with Crippen molar-refractivity contribution in [1.29, 1.82) is 0 Å². The van der Waals surface area contributed by atoms with Crippen molar-refractivity contribution in [1.82, 2.24) is 25.4 Å². The van der Waals surface area contributed by atoms with Crippen LogP contribution in [0.1, 0.15) is 43.5 Å². The fourth-order valence-electron chi connectivity index (χ4n) is 2.72. The molecule has 0 bridgehead atoms. The third-order valence-electron chi connectivity index (χ3n) is 4.28. The second kappa shape index (κ2) is 8.73. The molecule has 2 heterocycles. The number of hydrogen-bond donors (Lipinski definition) is 2. The molecule has 0 fully saturated rings. The van der Waals surface area contributed by atoms with Crippen LogP contribution in [0.15, 0.2) is 58.3 Å². The first-order chi connectivity index (χ1) is 13.4. The molecular weight excluding hydrogens is 352 g/mol. The molecule has 1 aromatic carbocycles. The molecule has 7 heteroatoms. The maximum absolute atomic E-state index is 5.81. The van der Waals surface area contributed by atoms with E-state index in [9.17, 15) is 0 Å². The van der Waals surface area contributed by atoms with Crippen molar-refractivity contribution in [3.8, 4) is 0 Å². The number of aromatic nitrogens is 3. The molecule has 2 N–H and O–H groups in total. The summed E-state index contributed by atoms with van der Waals surface area (Å²) in [5.74, 6) is 2.23. The quantitative estimate of drug-likeness (QED) is 0.507. The molecule has 148 valence electrons. The summed E-state index contributed by atoms with van der Waals surface area (Å²) in [6, 6.07) is 10.4. The second-order valence-electron chi connectivity index (χ2n) is 7.67. The van der Waals surface area contributed by atoms with Crippen LogP contribution in [0.4, 0.5) is 0 Å². The summed E-state index contributed by atoms with van der Waals surface area (Å²) in [5.41, 5.74) is 2.34. The molecule has 0 aliphatic heterocycles. The van der Waals surface area contributed by atoms with E-state index < -0.39 is 0 Å². The first-order valence-electron chi connectivity index (χ1n) is 9.39. The summed E-state index contributed by atoms with van der Waals surface area (Å²) in [4.78, 5) is 8.60. The number of benzene rings is 1. The highest BCUT2D eigenvalue weighted by atomic mass is 16.4. The third-order valence-corrected chi connectivity index (χ3v) is 4.28. The largest absolute Gasteiger partial charge is 0.443 e. The van der Waals surface area contributed by atoms with Gasteiger partial charge in [0.25, 0.3) is 0 Å². The zero-order valence-corrected chi connectivity index (χ0v) is 16.9. The van der Waals surface area contributed by atoms with E-state index in [2.05, 4.69) is 70.7 Å². The molecule has 7 nitrogen and oxygen atoms in total. The minimum Gasteiger partial charge on any atom is -0.443 e. The molecule has 3 rings (SSSR count). The van der Waals surface area contributed by atoms with Gasteiger partial charge < -0.3 is 15.1 Å². The highest BCUT2D eigenvalue weighted by Crippen LogP contribution is 2.22. The monoisotopic (exact) mass is 380 g/mol. The van der Waals surface area contributed by atoms with Crippen molar-refractivity contribution in [3.05, 3.63) is 71.7 Å². The van der Waals surface area contributed by atoms with Crippen molar-refractivity contribution < 1.29 is 4.42 Å². The molecule has 0 amide bonds. The standard InChI is InChI=1S/C21H28N6O/c1-21(2,3)18-13-23-19(28-18)14-25-20(22-4)24-12-16-7-5-8-17(11-16)15-27-10-6-9-26-27/h5-11,13H,12,14-15H2,1-4H3,(H2,22,24,25). The van der Waals surface area contributed by atoms with E-state index >= 15 is 0 Å². The molecule has 3 aromatic rings. The lowest BCUT2D eigenvalue weighted by atomic mass is 9.94. The highest BCUT2D eigenvalue weighted by molar-refractivity contribution is 5.79. The van der Waals surface area contributed by atoms with Gasteiger partial charge in [-0.2, -0.15) is 5.10 Å². The summed E-state index contributed by atoms with van der Waals surface area (Å²) < 4.78 is 7.72. The van der Waals surface area contributed by atoms with Crippen LogP contribution in [0.5, 0.6) is 0 Å². The van der Waals surface area contributed by atoms with Crippen LogP contribution in [0, 0.1) is 0 Å². The van der Waals surface area contributed by atoms with Crippen molar-refractivity contribution >= 4 is 5.96 Å². The molecule has 0 unspecified atom stereocenters. The second-order valence-corrected chi connectivity index (χ2v) is 7.67. The van der Waals surface area contributed by atoms with Crippen molar-refractivity contribution in [2.75, 3.05) is 7.05 Å². The maximum atomic E-state index is 5.81. The Bertz CT molecular complexity index is 905. The maximum Gasteiger partial charge on any atom is 0.213 e. The average molecular weight is 380 g/mol. The van der Waals surface area contributed by atoms with Gasteiger partial charge in [-0.25, -0.2) is 4.98 Å². The summed E-state index contributed by atoms with van der Waals surface area (Å²) in [7, 11) is 1.75. The number of nitrogens with zero attached hydrogens (tertiary/aromatic N) is 4. The molecular formula is C21H28N6O. The number of aliphatic imine (C=N–C) groups is 1. The zero-order chi connectivity index (χ0) is 20.0. The number of oxazole rings is 1. The minimum absolute atomic E-state index is 0.0492.